The van der Waals surface area contributed by atoms with Gasteiger partial charge in [-0.25, -0.2) is 9.78 Å². The van der Waals surface area contributed by atoms with Gasteiger partial charge in [0.1, 0.15) is 17.6 Å². The Morgan fingerprint density at radius 2 is 1.80 bits per heavy atom. The summed E-state index contributed by atoms with van der Waals surface area (Å²) in [7, 11) is 0. The van der Waals surface area contributed by atoms with Gasteiger partial charge in [-0.1, -0.05) is 0 Å². The second-order valence-electron chi connectivity index (χ2n) is 10.1. The number of pyridine rings is 1. The largest absolute Gasteiger partial charge is 0.494 e. The van der Waals surface area contributed by atoms with E-state index in [0.29, 0.717) is 37.8 Å². The number of carbonyl (C=O) groups excluding carboxylic acids is 5. The molecule has 214 valence electrons. The number of fused-ring (bicyclic) bond motifs is 1. The van der Waals surface area contributed by atoms with Gasteiger partial charge < -0.3 is 19.6 Å². The van der Waals surface area contributed by atoms with E-state index in [0.717, 1.165) is 24.2 Å². The van der Waals surface area contributed by atoms with Gasteiger partial charge in [-0.15, -0.1) is 0 Å². The van der Waals surface area contributed by atoms with Crippen molar-refractivity contribution in [3.05, 3.63) is 53.2 Å². The van der Waals surface area contributed by atoms with Crippen LogP contribution in [-0.2, 0) is 14.4 Å². The number of ether oxygens (including phenoxy) is 1. The number of nitrogens with one attached hydrogen (secondary N) is 1. The van der Waals surface area contributed by atoms with Crippen LogP contribution in [0.4, 0.5) is 5.82 Å². The number of anilines is 1. The second kappa shape index (κ2) is 11.7. The average molecular weight is 564 g/mol. The molecule has 5 rings (SSSR count). The molecule has 13 heteroatoms. The maximum atomic E-state index is 12.9. The molecule has 2 fully saturated rings. The van der Waals surface area contributed by atoms with Gasteiger partial charge in [-0.3, -0.25) is 34.2 Å². The number of aromatic carboxylic acids is 1. The summed E-state index contributed by atoms with van der Waals surface area (Å²) < 4.78 is 5.79. The van der Waals surface area contributed by atoms with Crippen LogP contribution in [-0.4, -0.2) is 94.2 Å². The third-order valence-corrected chi connectivity index (χ3v) is 7.39. The van der Waals surface area contributed by atoms with Crippen molar-refractivity contribution in [2.24, 2.45) is 0 Å². The quantitative estimate of drug-likeness (QED) is 0.315. The number of aromatic nitrogens is 1. The molecule has 1 aromatic carbocycles. The predicted octanol–water partition coefficient (Wildman–Crippen LogP) is 1.08. The molecule has 13 nitrogen and oxygen atoms in total. The van der Waals surface area contributed by atoms with Crippen LogP contribution >= 0.6 is 0 Å². The molecule has 5 amide bonds. The zero-order valence-electron chi connectivity index (χ0n) is 22.2. The maximum Gasteiger partial charge on any atom is 0.337 e. The highest BCUT2D eigenvalue weighted by molar-refractivity contribution is 6.23. The van der Waals surface area contributed by atoms with Gasteiger partial charge in [0.05, 0.1) is 29.8 Å². The van der Waals surface area contributed by atoms with Gasteiger partial charge in [-0.05, 0) is 56.0 Å². The fourth-order valence-electron chi connectivity index (χ4n) is 5.15. The van der Waals surface area contributed by atoms with E-state index in [9.17, 15) is 28.8 Å². The van der Waals surface area contributed by atoms with Gasteiger partial charge in [0.2, 0.25) is 17.7 Å². The minimum Gasteiger partial charge on any atom is -0.494 e. The number of unbranched alkanes of at least 4 members (excludes halogenated alkanes) is 2. The molecule has 1 atom stereocenters. The SMILES string of the molecule is O=C1CCC(N2C(=O)c3ccc(OCCCCCN4CCN(c5ccc(C(=O)O)cn5)CC4=O)cc3C2=O)C(=O)N1. The summed E-state index contributed by atoms with van der Waals surface area (Å²) in [6, 6.07) is 6.69. The van der Waals surface area contributed by atoms with Crippen LogP contribution in [0.5, 0.6) is 5.75 Å². The van der Waals surface area contributed by atoms with Crippen molar-refractivity contribution in [2.75, 3.05) is 37.7 Å². The first kappa shape index (κ1) is 27.7. The number of nitrogens with zero attached hydrogens (tertiary/aromatic N) is 4. The van der Waals surface area contributed by atoms with Crippen molar-refractivity contribution in [1.29, 1.82) is 0 Å². The topological polar surface area (TPSA) is 167 Å². The number of carbonyl (C=O) groups is 6. The summed E-state index contributed by atoms with van der Waals surface area (Å²) in [4.78, 5) is 81.7. The third-order valence-electron chi connectivity index (χ3n) is 7.39. The van der Waals surface area contributed by atoms with E-state index < -0.39 is 35.6 Å². The van der Waals surface area contributed by atoms with Gasteiger partial charge >= 0.3 is 5.97 Å². The third kappa shape index (κ3) is 5.88. The Labute approximate surface area is 235 Å². The normalized spacial score (nSPS) is 19.0. The molecule has 0 radical (unpaired) electrons. The van der Waals surface area contributed by atoms with E-state index in [1.807, 2.05) is 4.90 Å². The molecule has 41 heavy (non-hydrogen) atoms. The lowest BCUT2D eigenvalue weighted by atomic mass is 10.0. The van der Waals surface area contributed by atoms with Crippen LogP contribution in [0.1, 0.15) is 63.2 Å². The van der Waals surface area contributed by atoms with Crippen LogP contribution in [0.2, 0.25) is 0 Å². The Bertz CT molecular complexity index is 1410. The summed E-state index contributed by atoms with van der Waals surface area (Å²) in [6.45, 7) is 2.34. The van der Waals surface area contributed by atoms with Crippen LogP contribution in [0, 0.1) is 0 Å². The Balaban J connectivity index is 1.04. The van der Waals surface area contributed by atoms with Crippen molar-refractivity contribution in [3.63, 3.8) is 0 Å². The van der Waals surface area contributed by atoms with E-state index in [1.54, 1.807) is 17.0 Å². The van der Waals surface area contributed by atoms with Crippen molar-refractivity contribution in [3.8, 4) is 5.75 Å². The zero-order chi connectivity index (χ0) is 29.1. The number of imide groups is 2. The van der Waals surface area contributed by atoms with E-state index in [4.69, 9.17) is 9.84 Å². The molecule has 0 saturated carbocycles. The van der Waals surface area contributed by atoms with E-state index in [1.165, 1.54) is 24.4 Å². The molecule has 2 N–H and O–H groups in total. The number of benzene rings is 1. The highest BCUT2D eigenvalue weighted by Gasteiger charge is 2.44. The first-order chi connectivity index (χ1) is 19.7. The molecule has 2 aromatic rings. The summed E-state index contributed by atoms with van der Waals surface area (Å²) >= 11 is 0. The zero-order valence-corrected chi connectivity index (χ0v) is 22.2. The Hall–Kier alpha value is -4.81. The minimum atomic E-state index is -1.05. The molecule has 4 heterocycles. The summed E-state index contributed by atoms with van der Waals surface area (Å²) in [6.07, 6.45) is 3.77. The number of carboxylic acid groups (broad SMARTS) is 1. The Morgan fingerprint density at radius 3 is 2.51 bits per heavy atom. The summed E-state index contributed by atoms with van der Waals surface area (Å²) in [5.74, 6) is -2.27. The number of carboxylic acids is 1. The van der Waals surface area contributed by atoms with E-state index >= 15 is 0 Å². The number of amides is 5. The van der Waals surface area contributed by atoms with Crippen LogP contribution in [0.3, 0.4) is 0 Å². The van der Waals surface area contributed by atoms with Crippen LogP contribution < -0.4 is 15.0 Å². The van der Waals surface area contributed by atoms with Crippen LogP contribution in [0.15, 0.2) is 36.5 Å². The van der Waals surface area contributed by atoms with E-state index in [-0.39, 0.29) is 42.0 Å². The fraction of sp³-hybridized carbons (Fsp3) is 0.393. The molecular formula is C28H29N5O8. The lowest BCUT2D eigenvalue weighted by molar-refractivity contribution is -0.136. The van der Waals surface area contributed by atoms with E-state index in [2.05, 4.69) is 10.3 Å². The van der Waals surface area contributed by atoms with Gasteiger partial charge in [-0.2, -0.15) is 0 Å². The van der Waals surface area contributed by atoms with Crippen molar-refractivity contribution in [2.45, 2.75) is 38.1 Å². The number of rotatable bonds is 10. The lowest BCUT2D eigenvalue weighted by Gasteiger charge is -2.35. The van der Waals surface area contributed by atoms with Crippen LogP contribution in [0.25, 0.3) is 0 Å². The smallest absolute Gasteiger partial charge is 0.337 e. The molecule has 3 aliphatic heterocycles. The van der Waals surface area contributed by atoms with Crippen molar-refractivity contribution >= 4 is 41.3 Å². The Kier molecular flexibility index (Phi) is 7.95. The lowest BCUT2D eigenvalue weighted by Crippen LogP contribution is -2.54. The number of piperidine rings is 1. The first-order valence-corrected chi connectivity index (χ1v) is 13.4. The molecule has 1 aromatic heterocycles. The van der Waals surface area contributed by atoms with Gasteiger partial charge in [0.15, 0.2) is 0 Å². The monoisotopic (exact) mass is 563 g/mol. The average Bonchev–Trinajstić information content (AvgIpc) is 3.20. The molecule has 1 unspecified atom stereocenters. The molecule has 2 saturated heterocycles. The van der Waals surface area contributed by atoms with Crippen molar-refractivity contribution in [1.82, 2.24) is 20.1 Å². The molecule has 0 bridgehead atoms. The fourth-order valence-corrected chi connectivity index (χ4v) is 5.15. The molecular weight excluding hydrogens is 534 g/mol. The predicted molar refractivity (Wildman–Crippen MR) is 142 cm³/mol. The number of hydrogen-bond donors (Lipinski definition) is 2. The standard InChI is InChI=1S/C28H29N5O8/c34-23-9-7-21(25(36)30-23)33-26(37)19-6-5-18(14-20(19)27(33)38)41-13-3-1-2-10-31-11-12-32(16-24(31)35)22-8-4-17(15-29-22)28(39)40/h4-6,8,14-15,21H,1-3,7,9-13,16H2,(H,39,40)(H,30,34,36). The number of piperazine rings is 1. The van der Waals surface area contributed by atoms with Gasteiger partial charge in [0, 0.05) is 32.3 Å². The van der Waals surface area contributed by atoms with Gasteiger partial charge in [0.25, 0.3) is 11.8 Å². The van der Waals surface area contributed by atoms with Crippen molar-refractivity contribution < 1.29 is 38.6 Å². The summed E-state index contributed by atoms with van der Waals surface area (Å²) in [5.41, 5.74) is 0.464. The number of hydrogen-bond acceptors (Lipinski definition) is 9. The minimum absolute atomic E-state index is 0.0136. The highest BCUT2D eigenvalue weighted by Crippen LogP contribution is 2.30. The molecule has 0 spiro atoms. The summed E-state index contributed by atoms with van der Waals surface area (Å²) in [5, 5.41) is 11.2. The maximum absolute atomic E-state index is 12.9. The first-order valence-electron chi connectivity index (χ1n) is 13.4. The molecule has 0 aliphatic carbocycles. The highest BCUT2D eigenvalue weighted by atomic mass is 16.5. The second-order valence-corrected chi connectivity index (χ2v) is 10.1. The Morgan fingerprint density at radius 1 is 1.00 bits per heavy atom. The molecule has 3 aliphatic rings.